The average Bonchev–Trinajstić information content (AvgIpc) is 3.34. The summed E-state index contributed by atoms with van der Waals surface area (Å²) in [6.07, 6.45) is 8.12. The van der Waals surface area contributed by atoms with Crippen molar-refractivity contribution in [1.29, 1.82) is 0 Å². The number of thiophene rings is 1. The van der Waals surface area contributed by atoms with Crippen LogP contribution < -0.4 is 10.1 Å². The minimum absolute atomic E-state index is 0.0398. The highest BCUT2D eigenvalue weighted by atomic mass is 32.2. The van der Waals surface area contributed by atoms with Crippen molar-refractivity contribution >= 4 is 39.2 Å². The number of hydrogen-bond donors (Lipinski definition) is 1. The second-order valence-corrected chi connectivity index (χ2v) is 9.37. The smallest absolute Gasteiger partial charge is 0.230 e. The molecule has 8 heteroatoms. The third-order valence-electron chi connectivity index (χ3n) is 5.18. The maximum atomic E-state index is 12.4. The molecule has 3 heterocycles. The van der Waals surface area contributed by atoms with Crippen molar-refractivity contribution in [2.45, 2.75) is 57.2 Å². The average molecular weight is 429 g/mol. The highest BCUT2D eigenvalue weighted by molar-refractivity contribution is 8.00. The standard InChI is InChI=1S/C21H24N4O2S2/c1-13-14(2)29-21-18(13)20(24-12-25-21)28-11-17(26)23-10-15-6-5-9-22-19(15)27-16-7-3-4-8-16/h5-6,9,12,16H,3-4,7-8,10-11H2,1-2H3,(H,23,26). The second kappa shape index (κ2) is 9.09. The lowest BCUT2D eigenvalue weighted by atomic mass is 10.2. The van der Waals surface area contributed by atoms with Gasteiger partial charge in [0.15, 0.2) is 0 Å². The Morgan fingerprint density at radius 3 is 2.93 bits per heavy atom. The van der Waals surface area contributed by atoms with Gasteiger partial charge in [0.1, 0.15) is 22.3 Å². The van der Waals surface area contributed by atoms with E-state index in [4.69, 9.17) is 4.74 Å². The molecule has 1 N–H and O–H groups in total. The molecule has 3 aromatic rings. The van der Waals surface area contributed by atoms with Crippen molar-refractivity contribution in [3.05, 3.63) is 40.7 Å². The van der Waals surface area contributed by atoms with Gasteiger partial charge in [0.2, 0.25) is 11.8 Å². The van der Waals surface area contributed by atoms with Gasteiger partial charge in [0, 0.05) is 28.6 Å². The Morgan fingerprint density at radius 2 is 2.10 bits per heavy atom. The number of carbonyl (C=O) groups is 1. The molecule has 1 aliphatic carbocycles. The van der Waals surface area contributed by atoms with Crippen molar-refractivity contribution in [2.75, 3.05) is 5.75 Å². The number of carbonyl (C=O) groups excluding carboxylic acids is 1. The Bertz CT molecular complexity index is 1020. The molecule has 4 rings (SSSR count). The van der Waals surface area contributed by atoms with Crippen molar-refractivity contribution in [3.63, 3.8) is 0 Å². The van der Waals surface area contributed by atoms with Gasteiger partial charge in [-0.15, -0.1) is 11.3 Å². The minimum Gasteiger partial charge on any atom is -0.474 e. The summed E-state index contributed by atoms with van der Waals surface area (Å²) in [7, 11) is 0. The van der Waals surface area contributed by atoms with Crippen LogP contribution in [0.15, 0.2) is 29.7 Å². The van der Waals surface area contributed by atoms with E-state index in [2.05, 4.69) is 34.1 Å². The van der Waals surface area contributed by atoms with Crippen LogP contribution >= 0.6 is 23.1 Å². The van der Waals surface area contributed by atoms with Crippen molar-refractivity contribution in [1.82, 2.24) is 20.3 Å². The maximum Gasteiger partial charge on any atom is 0.230 e. The molecule has 0 aromatic carbocycles. The van der Waals surface area contributed by atoms with Gasteiger partial charge in [0.25, 0.3) is 0 Å². The van der Waals surface area contributed by atoms with Crippen LogP contribution in [0.1, 0.15) is 41.7 Å². The monoisotopic (exact) mass is 428 g/mol. The van der Waals surface area contributed by atoms with E-state index in [1.165, 1.54) is 35.0 Å². The fourth-order valence-corrected chi connectivity index (χ4v) is 5.41. The van der Waals surface area contributed by atoms with Crippen LogP contribution in [0.3, 0.4) is 0 Å². The molecule has 29 heavy (non-hydrogen) atoms. The zero-order valence-corrected chi connectivity index (χ0v) is 18.2. The molecular weight excluding hydrogens is 404 g/mol. The SMILES string of the molecule is Cc1sc2ncnc(SCC(=O)NCc3cccnc3OC3CCCC3)c2c1C. The Morgan fingerprint density at radius 1 is 1.28 bits per heavy atom. The molecule has 0 saturated heterocycles. The number of nitrogens with zero attached hydrogens (tertiary/aromatic N) is 3. The number of aryl methyl sites for hydroxylation is 2. The number of fused-ring (bicyclic) bond motifs is 1. The van der Waals surface area contributed by atoms with Gasteiger partial charge in [-0.3, -0.25) is 4.79 Å². The number of amides is 1. The van der Waals surface area contributed by atoms with Gasteiger partial charge in [-0.05, 0) is 51.2 Å². The van der Waals surface area contributed by atoms with E-state index in [0.717, 1.165) is 33.6 Å². The largest absolute Gasteiger partial charge is 0.474 e. The van der Waals surface area contributed by atoms with Crippen molar-refractivity contribution < 1.29 is 9.53 Å². The van der Waals surface area contributed by atoms with Gasteiger partial charge in [-0.1, -0.05) is 17.8 Å². The first-order chi connectivity index (χ1) is 14.1. The predicted molar refractivity (Wildman–Crippen MR) is 117 cm³/mol. The molecule has 152 valence electrons. The lowest BCUT2D eigenvalue weighted by molar-refractivity contribution is -0.118. The van der Waals surface area contributed by atoms with E-state index in [1.54, 1.807) is 23.9 Å². The first-order valence-corrected chi connectivity index (χ1v) is 11.6. The Balaban J connectivity index is 1.35. The Labute approximate surface area is 178 Å². The molecule has 1 saturated carbocycles. The summed E-state index contributed by atoms with van der Waals surface area (Å²) in [5.41, 5.74) is 2.10. The van der Waals surface area contributed by atoms with Gasteiger partial charge in [-0.2, -0.15) is 0 Å². The van der Waals surface area contributed by atoms with Gasteiger partial charge < -0.3 is 10.1 Å². The molecule has 0 radical (unpaired) electrons. The second-order valence-electron chi connectivity index (χ2n) is 7.20. The molecule has 0 bridgehead atoms. The summed E-state index contributed by atoms with van der Waals surface area (Å²) in [6.45, 7) is 4.57. The fraction of sp³-hybridized carbons (Fsp3) is 0.429. The van der Waals surface area contributed by atoms with E-state index in [0.29, 0.717) is 18.2 Å². The first-order valence-electron chi connectivity index (χ1n) is 9.82. The normalized spacial score (nSPS) is 14.4. The number of thioether (sulfide) groups is 1. The highest BCUT2D eigenvalue weighted by Crippen LogP contribution is 2.34. The zero-order chi connectivity index (χ0) is 20.2. The summed E-state index contributed by atoms with van der Waals surface area (Å²) in [4.78, 5) is 27.8. The fourth-order valence-electron chi connectivity index (χ4n) is 3.47. The molecule has 0 unspecified atom stereocenters. The van der Waals surface area contributed by atoms with Crippen molar-refractivity contribution in [3.8, 4) is 5.88 Å². The maximum absolute atomic E-state index is 12.4. The topological polar surface area (TPSA) is 77.0 Å². The van der Waals surface area contributed by atoms with Crippen LogP contribution in [0, 0.1) is 13.8 Å². The zero-order valence-electron chi connectivity index (χ0n) is 16.6. The molecule has 6 nitrogen and oxygen atoms in total. The molecule has 1 aliphatic rings. The van der Waals surface area contributed by atoms with Crippen molar-refractivity contribution in [2.24, 2.45) is 0 Å². The van der Waals surface area contributed by atoms with Crippen LogP contribution in [-0.4, -0.2) is 32.7 Å². The molecule has 1 amide bonds. The summed E-state index contributed by atoms with van der Waals surface area (Å²) in [5.74, 6) is 0.899. The lowest BCUT2D eigenvalue weighted by Crippen LogP contribution is -2.25. The molecular formula is C21H24N4O2S2. The van der Waals surface area contributed by atoms with E-state index < -0.39 is 0 Å². The molecule has 0 atom stereocenters. The quantitative estimate of drug-likeness (QED) is 0.443. The minimum atomic E-state index is -0.0398. The van der Waals surface area contributed by atoms with Crippen LogP contribution in [0.4, 0.5) is 0 Å². The van der Waals surface area contributed by atoms with Gasteiger partial charge in [-0.25, -0.2) is 15.0 Å². The number of aromatic nitrogens is 3. The van der Waals surface area contributed by atoms with E-state index >= 15 is 0 Å². The lowest BCUT2D eigenvalue weighted by Gasteiger charge is -2.15. The van der Waals surface area contributed by atoms with Gasteiger partial charge >= 0.3 is 0 Å². The number of nitrogens with one attached hydrogen (secondary N) is 1. The van der Waals surface area contributed by atoms with E-state index in [-0.39, 0.29) is 12.0 Å². The Kier molecular flexibility index (Phi) is 6.30. The summed E-state index contributed by atoms with van der Waals surface area (Å²) >= 11 is 3.11. The molecule has 1 fully saturated rings. The van der Waals surface area contributed by atoms with Gasteiger partial charge in [0.05, 0.1) is 5.75 Å². The number of pyridine rings is 1. The molecule has 0 spiro atoms. The van der Waals surface area contributed by atoms with Crippen LogP contribution in [0.25, 0.3) is 10.2 Å². The molecule has 0 aliphatic heterocycles. The third kappa shape index (κ3) is 4.70. The number of hydrogen-bond acceptors (Lipinski definition) is 7. The Hall–Kier alpha value is -2.19. The predicted octanol–water partition coefficient (Wildman–Crippen LogP) is 4.43. The van der Waals surface area contributed by atoms with E-state index in [1.807, 2.05) is 12.1 Å². The third-order valence-corrected chi connectivity index (χ3v) is 7.28. The van der Waals surface area contributed by atoms with Crippen LogP contribution in [-0.2, 0) is 11.3 Å². The summed E-state index contributed by atoms with van der Waals surface area (Å²) < 4.78 is 6.05. The number of ether oxygens (including phenoxy) is 1. The first kappa shape index (κ1) is 20.1. The highest BCUT2D eigenvalue weighted by Gasteiger charge is 2.19. The van der Waals surface area contributed by atoms with E-state index in [9.17, 15) is 4.79 Å². The van der Waals surface area contributed by atoms with Crippen LogP contribution in [0.5, 0.6) is 5.88 Å². The summed E-state index contributed by atoms with van der Waals surface area (Å²) in [6, 6.07) is 3.83. The number of rotatable bonds is 7. The summed E-state index contributed by atoms with van der Waals surface area (Å²) in [5, 5.41) is 4.90. The molecule has 3 aromatic heterocycles. The van der Waals surface area contributed by atoms with Crippen LogP contribution in [0.2, 0.25) is 0 Å².